The Morgan fingerprint density at radius 2 is 2.38 bits per heavy atom. The molecule has 0 amide bonds. The van der Waals surface area contributed by atoms with Crippen molar-refractivity contribution in [2.75, 3.05) is 0 Å². The summed E-state index contributed by atoms with van der Waals surface area (Å²) < 4.78 is 12.7. The van der Waals surface area contributed by atoms with E-state index in [0.717, 1.165) is 18.5 Å². The average Bonchev–Trinajstić information content (AvgIpc) is 2.85. The first-order chi connectivity index (χ1) is 6.25. The summed E-state index contributed by atoms with van der Waals surface area (Å²) in [6.45, 7) is 0. The second-order valence-electron chi connectivity index (χ2n) is 3.32. The maximum atomic E-state index is 12.7. The molecule has 1 aliphatic carbocycles. The third-order valence-electron chi connectivity index (χ3n) is 2.11. The maximum absolute atomic E-state index is 12.7. The van der Waals surface area contributed by atoms with E-state index in [2.05, 4.69) is 4.98 Å². The molecule has 68 valence electrons. The highest BCUT2D eigenvalue weighted by Gasteiger charge is 2.23. The molecule has 1 aromatic rings. The lowest BCUT2D eigenvalue weighted by molar-refractivity contribution is 0.625. The van der Waals surface area contributed by atoms with Crippen molar-refractivity contribution >= 4 is 6.08 Å². The van der Waals surface area contributed by atoms with E-state index < -0.39 is 0 Å². The monoisotopic (exact) mass is 178 g/mol. The molecule has 1 fully saturated rings. The molecule has 1 aromatic heterocycles. The van der Waals surface area contributed by atoms with Crippen molar-refractivity contribution in [3.8, 4) is 0 Å². The minimum absolute atomic E-state index is 0.273. The predicted octanol–water partition coefficient (Wildman–Crippen LogP) is 1.93. The Balaban J connectivity index is 2.20. The number of aromatic nitrogens is 1. The van der Waals surface area contributed by atoms with E-state index in [-0.39, 0.29) is 5.82 Å². The zero-order valence-electron chi connectivity index (χ0n) is 7.20. The number of nitrogens with two attached hydrogens (primary N) is 1. The van der Waals surface area contributed by atoms with Gasteiger partial charge in [-0.3, -0.25) is 4.98 Å². The molecular weight excluding hydrogens is 167 g/mol. The van der Waals surface area contributed by atoms with Crippen LogP contribution in [0, 0.1) is 11.7 Å². The highest BCUT2D eigenvalue weighted by Crippen LogP contribution is 2.34. The van der Waals surface area contributed by atoms with Crippen molar-refractivity contribution in [3.05, 3.63) is 35.5 Å². The Morgan fingerprint density at radius 1 is 1.62 bits per heavy atom. The normalized spacial score (nSPS) is 17.5. The largest absolute Gasteiger partial charge is 0.402 e. The second kappa shape index (κ2) is 3.17. The summed E-state index contributed by atoms with van der Waals surface area (Å²) in [7, 11) is 0. The van der Waals surface area contributed by atoms with Crippen LogP contribution >= 0.6 is 0 Å². The zero-order valence-corrected chi connectivity index (χ0v) is 7.20. The Labute approximate surface area is 76.3 Å². The number of hydrogen-bond donors (Lipinski definition) is 1. The number of allylic oxidation sites excluding steroid dienone is 1. The molecule has 1 saturated carbocycles. The second-order valence-corrected chi connectivity index (χ2v) is 3.32. The van der Waals surface area contributed by atoms with E-state index >= 15 is 0 Å². The van der Waals surface area contributed by atoms with E-state index in [1.54, 1.807) is 6.08 Å². The minimum atomic E-state index is -0.273. The van der Waals surface area contributed by atoms with Crippen LogP contribution in [0.4, 0.5) is 4.39 Å². The molecule has 1 aliphatic rings. The predicted molar refractivity (Wildman–Crippen MR) is 49.1 cm³/mol. The first-order valence-corrected chi connectivity index (χ1v) is 4.34. The van der Waals surface area contributed by atoms with Gasteiger partial charge in [-0.1, -0.05) is 0 Å². The molecule has 0 bridgehead atoms. The SMILES string of the molecule is NC(=Cc1cc(F)ccn1)C1CC1. The number of halogens is 1. The topological polar surface area (TPSA) is 38.9 Å². The summed E-state index contributed by atoms with van der Waals surface area (Å²) in [6.07, 6.45) is 5.50. The van der Waals surface area contributed by atoms with Crippen LogP contribution in [-0.2, 0) is 0 Å². The molecule has 13 heavy (non-hydrogen) atoms. The molecular formula is C10H11FN2. The van der Waals surface area contributed by atoms with Crippen LogP contribution in [0.5, 0.6) is 0 Å². The quantitative estimate of drug-likeness (QED) is 0.751. The minimum Gasteiger partial charge on any atom is -0.402 e. The molecule has 1 heterocycles. The molecule has 0 spiro atoms. The fourth-order valence-corrected chi connectivity index (χ4v) is 1.21. The molecule has 0 radical (unpaired) electrons. The van der Waals surface area contributed by atoms with Crippen LogP contribution in [-0.4, -0.2) is 4.98 Å². The van der Waals surface area contributed by atoms with Gasteiger partial charge in [0.2, 0.25) is 0 Å². The number of hydrogen-bond acceptors (Lipinski definition) is 2. The fraction of sp³-hybridized carbons (Fsp3) is 0.300. The van der Waals surface area contributed by atoms with Crippen LogP contribution in [0.15, 0.2) is 24.0 Å². The lowest BCUT2D eigenvalue weighted by atomic mass is 10.2. The molecule has 0 saturated heterocycles. The van der Waals surface area contributed by atoms with Gasteiger partial charge < -0.3 is 5.73 Å². The van der Waals surface area contributed by atoms with E-state index in [0.29, 0.717) is 11.6 Å². The van der Waals surface area contributed by atoms with Gasteiger partial charge in [-0.25, -0.2) is 4.39 Å². The fourth-order valence-electron chi connectivity index (χ4n) is 1.21. The van der Waals surface area contributed by atoms with Gasteiger partial charge in [0.05, 0.1) is 5.69 Å². The van der Waals surface area contributed by atoms with Crippen molar-refractivity contribution in [1.82, 2.24) is 4.98 Å². The van der Waals surface area contributed by atoms with Crippen LogP contribution in [0.1, 0.15) is 18.5 Å². The molecule has 0 aliphatic heterocycles. The van der Waals surface area contributed by atoms with Crippen molar-refractivity contribution < 1.29 is 4.39 Å². The van der Waals surface area contributed by atoms with Crippen molar-refractivity contribution in [2.45, 2.75) is 12.8 Å². The van der Waals surface area contributed by atoms with Gasteiger partial charge in [-0.15, -0.1) is 0 Å². The third-order valence-corrected chi connectivity index (χ3v) is 2.11. The summed E-state index contributed by atoms with van der Waals surface area (Å²) in [5.74, 6) is 0.231. The summed E-state index contributed by atoms with van der Waals surface area (Å²) in [5, 5.41) is 0. The van der Waals surface area contributed by atoms with Crippen LogP contribution in [0.3, 0.4) is 0 Å². The van der Waals surface area contributed by atoms with Gasteiger partial charge in [0, 0.05) is 11.9 Å². The van der Waals surface area contributed by atoms with E-state index in [1.165, 1.54) is 18.3 Å². The number of rotatable bonds is 2. The summed E-state index contributed by atoms with van der Waals surface area (Å²) in [4.78, 5) is 3.99. The number of pyridine rings is 1. The maximum Gasteiger partial charge on any atom is 0.126 e. The highest BCUT2D eigenvalue weighted by molar-refractivity contribution is 5.49. The van der Waals surface area contributed by atoms with Gasteiger partial charge in [-0.05, 0) is 37.0 Å². The van der Waals surface area contributed by atoms with Gasteiger partial charge in [-0.2, -0.15) is 0 Å². The first-order valence-electron chi connectivity index (χ1n) is 4.34. The average molecular weight is 178 g/mol. The van der Waals surface area contributed by atoms with Crippen molar-refractivity contribution in [1.29, 1.82) is 0 Å². The molecule has 0 unspecified atom stereocenters. The number of nitrogens with zero attached hydrogens (tertiary/aromatic N) is 1. The lowest BCUT2D eigenvalue weighted by Crippen LogP contribution is -1.99. The lowest BCUT2D eigenvalue weighted by Gasteiger charge is -1.97. The van der Waals surface area contributed by atoms with Gasteiger partial charge in [0.15, 0.2) is 0 Å². The molecule has 2 rings (SSSR count). The Bertz CT molecular complexity index is 343. The van der Waals surface area contributed by atoms with Gasteiger partial charge in [0.1, 0.15) is 5.82 Å². The summed E-state index contributed by atoms with van der Waals surface area (Å²) >= 11 is 0. The molecule has 2 nitrogen and oxygen atoms in total. The van der Waals surface area contributed by atoms with Gasteiger partial charge >= 0.3 is 0 Å². The van der Waals surface area contributed by atoms with Crippen molar-refractivity contribution in [3.63, 3.8) is 0 Å². The van der Waals surface area contributed by atoms with Gasteiger partial charge in [0.25, 0.3) is 0 Å². The highest BCUT2D eigenvalue weighted by atomic mass is 19.1. The van der Waals surface area contributed by atoms with E-state index in [1.807, 2.05) is 0 Å². The third kappa shape index (κ3) is 2.05. The van der Waals surface area contributed by atoms with E-state index in [9.17, 15) is 4.39 Å². The van der Waals surface area contributed by atoms with Crippen molar-refractivity contribution in [2.24, 2.45) is 11.7 Å². The zero-order chi connectivity index (χ0) is 9.26. The van der Waals surface area contributed by atoms with Crippen LogP contribution in [0.25, 0.3) is 6.08 Å². The van der Waals surface area contributed by atoms with Crippen LogP contribution in [0.2, 0.25) is 0 Å². The Kier molecular flexibility index (Phi) is 2.00. The molecule has 0 atom stereocenters. The standard InChI is InChI=1S/C10H11FN2/c11-8-3-4-13-9(5-8)6-10(12)7-1-2-7/h3-7H,1-2,12H2. The Morgan fingerprint density at radius 3 is 3.00 bits per heavy atom. The molecule has 0 aromatic carbocycles. The first kappa shape index (κ1) is 8.23. The van der Waals surface area contributed by atoms with E-state index in [4.69, 9.17) is 5.73 Å². The Hall–Kier alpha value is -1.38. The molecule has 2 N–H and O–H groups in total. The molecule has 3 heteroatoms. The summed E-state index contributed by atoms with van der Waals surface area (Å²) in [5.41, 5.74) is 7.18. The summed E-state index contributed by atoms with van der Waals surface area (Å²) in [6, 6.07) is 2.71. The smallest absolute Gasteiger partial charge is 0.126 e. The van der Waals surface area contributed by atoms with Crippen LogP contribution < -0.4 is 5.73 Å².